The number of likely N-dealkylation sites (tertiary alicyclic amines) is 1. The standard InChI is InChI=1S/C18H29N3/c1-15(2)21-13-10-16(14-21)19-17-8-4-5-9-18(17)20-11-6-3-7-12-20/h4-5,8-9,15-16,19H,3,6-7,10-14H2,1-2H3. The van der Waals surface area contributed by atoms with Gasteiger partial charge in [-0.25, -0.2) is 0 Å². The first kappa shape index (κ1) is 14.7. The van der Waals surface area contributed by atoms with E-state index in [0.717, 1.165) is 0 Å². The van der Waals surface area contributed by atoms with Gasteiger partial charge in [-0.05, 0) is 51.7 Å². The molecular formula is C18H29N3. The number of rotatable bonds is 4. The van der Waals surface area contributed by atoms with E-state index in [4.69, 9.17) is 0 Å². The van der Waals surface area contributed by atoms with Crippen molar-refractivity contribution in [3.8, 4) is 0 Å². The molecule has 0 radical (unpaired) electrons. The van der Waals surface area contributed by atoms with Crippen LogP contribution in [0.1, 0.15) is 39.5 Å². The van der Waals surface area contributed by atoms with Crippen LogP contribution in [0.15, 0.2) is 24.3 Å². The summed E-state index contributed by atoms with van der Waals surface area (Å²) in [6, 6.07) is 10.1. The lowest BCUT2D eigenvalue weighted by Gasteiger charge is -2.31. The largest absolute Gasteiger partial charge is 0.379 e. The van der Waals surface area contributed by atoms with Crippen molar-refractivity contribution < 1.29 is 0 Å². The molecule has 1 atom stereocenters. The number of nitrogens with zero attached hydrogens (tertiary/aromatic N) is 2. The Morgan fingerprint density at radius 3 is 2.52 bits per heavy atom. The Labute approximate surface area is 129 Å². The predicted molar refractivity (Wildman–Crippen MR) is 91.2 cm³/mol. The molecule has 3 heteroatoms. The van der Waals surface area contributed by atoms with E-state index in [1.165, 1.54) is 63.2 Å². The van der Waals surface area contributed by atoms with Crippen molar-refractivity contribution in [1.29, 1.82) is 0 Å². The van der Waals surface area contributed by atoms with Gasteiger partial charge in [-0.3, -0.25) is 4.90 Å². The van der Waals surface area contributed by atoms with Gasteiger partial charge in [-0.2, -0.15) is 0 Å². The predicted octanol–water partition coefficient (Wildman–Crippen LogP) is 3.57. The summed E-state index contributed by atoms with van der Waals surface area (Å²) in [7, 11) is 0. The van der Waals surface area contributed by atoms with Crippen LogP contribution in [0.4, 0.5) is 11.4 Å². The Hall–Kier alpha value is -1.22. The van der Waals surface area contributed by atoms with Crippen molar-refractivity contribution in [3.05, 3.63) is 24.3 Å². The molecule has 0 amide bonds. The fourth-order valence-electron chi connectivity index (χ4n) is 3.60. The molecule has 1 aromatic rings. The minimum Gasteiger partial charge on any atom is -0.379 e. The molecule has 3 nitrogen and oxygen atoms in total. The molecule has 2 aliphatic rings. The fourth-order valence-corrected chi connectivity index (χ4v) is 3.60. The molecule has 0 spiro atoms. The molecule has 2 fully saturated rings. The molecule has 1 aromatic carbocycles. The SMILES string of the molecule is CC(C)N1CCC(Nc2ccccc2N2CCCCC2)C1. The van der Waals surface area contributed by atoms with Crippen LogP contribution in [0.3, 0.4) is 0 Å². The highest BCUT2D eigenvalue weighted by molar-refractivity contribution is 5.70. The number of nitrogens with one attached hydrogen (secondary N) is 1. The van der Waals surface area contributed by atoms with Crippen LogP contribution in [-0.4, -0.2) is 43.2 Å². The van der Waals surface area contributed by atoms with Crippen LogP contribution in [0.2, 0.25) is 0 Å². The molecule has 3 rings (SSSR count). The maximum Gasteiger partial charge on any atom is 0.0602 e. The number of hydrogen-bond donors (Lipinski definition) is 1. The van der Waals surface area contributed by atoms with Gasteiger partial charge in [0.25, 0.3) is 0 Å². The van der Waals surface area contributed by atoms with Crippen LogP contribution in [0.5, 0.6) is 0 Å². The lowest BCUT2D eigenvalue weighted by atomic mass is 10.1. The molecule has 2 saturated heterocycles. The van der Waals surface area contributed by atoms with Crippen LogP contribution < -0.4 is 10.2 Å². The number of para-hydroxylation sites is 2. The third kappa shape index (κ3) is 3.52. The summed E-state index contributed by atoms with van der Waals surface area (Å²) in [5, 5.41) is 3.81. The van der Waals surface area contributed by atoms with Crippen LogP contribution in [0.25, 0.3) is 0 Å². The Balaban J connectivity index is 1.68. The van der Waals surface area contributed by atoms with E-state index >= 15 is 0 Å². The van der Waals surface area contributed by atoms with Crippen molar-refractivity contribution in [2.75, 3.05) is 36.4 Å². The molecule has 116 valence electrons. The van der Waals surface area contributed by atoms with Crippen molar-refractivity contribution >= 4 is 11.4 Å². The Kier molecular flexibility index (Phi) is 4.69. The van der Waals surface area contributed by atoms with E-state index < -0.39 is 0 Å². The number of piperidine rings is 1. The van der Waals surface area contributed by atoms with Gasteiger partial charge in [0.1, 0.15) is 0 Å². The second-order valence-electron chi connectivity index (χ2n) is 6.78. The van der Waals surface area contributed by atoms with E-state index in [-0.39, 0.29) is 0 Å². The summed E-state index contributed by atoms with van der Waals surface area (Å²) in [5.74, 6) is 0. The van der Waals surface area contributed by atoms with Crippen LogP contribution in [0, 0.1) is 0 Å². The van der Waals surface area contributed by atoms with E-state index in [9.17, 15) is 0 Å². The van der Waals surface area contributed by atoms with Gasteiger partial charge in [0.15, 0.2) is 0 Å². The maximum absolute atomic E-state index is 3.81. The van der Waals surface area contributed by atoms with Crippen LogP contribution in [-0.2, 0) is 0 Å². The third-order valence-corrected chi connectivity index (χ3v) is 4.91. The number of hydrogen-bond acceptors (Lipinski definition) is 3. The van der Waals surface area contributed by atoms with E-state index in [2.05, 4.69) is 53.2 Å². The Bertz CT molecular complexity index is 452. The molecule has 21 heavy (non-hydrogen) atoms. The highest BCUT2D eigenvalue weighted by Gasteiger charge is 2.25. The van der Waals surface area contributed by atoms with Gasteiger partial charge in [-0.1, -0.05) is 12.1 Å². The van der Waals surface area contributed by atoms with Crippen molar-refractivity contribution in [1.82, 2.24) is 4.90 Å². The molecule has 0 aliphatic carbocycles. The molecule has 0 aromatic heterocycles. The van der Waals surface area contributed by atoms with Gasteiger partial charge in [0, 0.05) is 38.3 Å². The average molecular weight is 287 g/mol. The lowest BCUT2D eigenvalue weighted by Crippen LogP contribution is -2.33. The average Bonchev–Trinajstić information content (AvgIpc) is 2.98. The topological polar surface area (TPSA) is 18.5 Å². The van der Waals surface area contributed by atoms with Gasteiger partial charge >= 0.3 is 0 Å². The Morgan fingerprint density at radius 2 is 1.81 bits per heavy atom. The molecule has 0 bridgehead atoms. The molecule has 1 N–H and O–H groups in total. The molecule has 2 aliphatic heterocycles. The van der Waals surface area contributed by atoms with Crippen molar-refractivity contribution in [2.45, 2.75) is 51.6 Å². The fraction of sp³-hybridized carbons (Fsp3) is 0.667. The minimum absolute atomic E-state index is 0.596. The lowest BCUT2D eigenvalue weighted by molar-refractivity contribution is 0.274. The monoisotopic (exact) mass is 287 g/mol. The van der Waals surface area contributed by atoms with Gasteiger partial charge in [-0.15, -0.1) is 0 Å². The summed E-state index contributed by atoms with van der Waals surface area (Å²) in [5.41, 5.74) is 2.73. The maximum atomic E-state index is 3.81. The summed E-state index contributed by atoms with van der Waals surface area (Å²) in [6.45, 7) is 9.41. The number of anilines is 2. The van der Waals surface area contributed by atoms with Crippen molar-refractivity contribution in [2.24, 2.45) is 0 Å². The Morgan fingerprint density at radius 1 is 1.05 bits per heavy atom. The summed E-state index contributed by atoms with van der Waals surface area (Å²) >= 11 is 0. The highest BCUT2D eigenvalue weighted by Crippen LogP contribution is 2.30. The van der Waals surface area contributed by atoms with E-state index in [1.807, 2.05) is 0 Å². The van der Waals surface area contributed by atoms with Gasteiger partial charge < -0.3 is 10.2 Å². The van der Waals surface area contributed by atoms with Gasteiger partial charge in [0.2, 0.25) is 0 Å². The first-order valence-electron chi connectivity index (χ1n) is 8.58. The minimum atomic E-state index is 0.596. The molecule has 0 saturated carbocycles. The smallest absolute Gasteiger partial charge is 0.0602 e. The van der Waals surface area contributed by atoms with Gasteiger partial charge in [0.05, 0.1) is 11.4 Å². The summed E-state index contributed by atoms with van der Waals surface area (Å²) in [6.07, 6.45) is 5.31. The van der Waals surface area contributed by atoms with E-state index in [0.29, 0.717) is 12.1 Å². The third-order valence-electron chi connectivity index (χ3n) is 4.91. The quantitative estimate of drug-likeness (QED) is 0.913. The normalized spacial score (nSPS) is 23.8. The molecule has 1 unspecified atom stereocenters. The zero-order valence-corrected chi connectivity index (χ0v) is 13.5. The summed E-state index contributed by atoms with van der Waals surface area (Å²) in [4.78, 5) is 5.13. The molecular weight excluding hydrogens is 258 g/mol. The van der Waals surface area contributed by atoms with E-state index in [1.54, 1.807) is 0 Å². The zero-order valence-electron chi connectivity index (χ0n) is 13.5. The first-order valence-corrected chi connectivity index (χ1v) is 8.58. The zero-order chi connectivity index (χ0) is 14.7. The molecule has 2 heterocycles. The highest BCUT2D eigenvalue weighted by atomic mass is 15.2. The summed E-state index contributed by atoms with van der Waals surface area (Å²) < 4.78 is 0. The van der Waals surface area contributed by atoms with Crippen molar-refractivity contribution in [3.63, 3.8) is 0 Å². The second kappa shape index (κ2) is 6.69. The second-order valence-corrected chi connectivity index (χ2v) is 6.78. The van der Waals surface area contributed by atoms with Crippen LogP contribution >= 0.6 is 0 Å². The number of benzene rings is 1. The first-order chi connectivity index (χ1) is 10.2.